The van der Waals surface area contributed by atoms with Crippen LogP contribution in [0.25, 0.3) is 11.1 Å². The minimum Gasteiger partial charge on any atom is -0.496 e. The summed E-state index contributed by atoms with van der Waals surface area (Å²) in [7, 11) is 1.58. The first kappa shape index (κ1) is 23.5. The van der Waals surface area contributed by atoms with Gasteiger partial charge >= 0.3 is 5.97 Å². The second kappa shape index (κ2) is 9.31. The van der Waals surface area contributed by atoms with Crippen LogP contribution in [0.2, 0.25) is 0 Å². The Labute approximate surface area is 199 Å². The molecule has 1 aliphatic carbocycles. The number of ether oxygens (including phenoxy) is 1. The van der Waals surface area contributed by atoms with E-state index in [0.717, 1.165) is 17.5 Å². The number of methoxy groups -OCH3 is 1. The Hall–Kier alpha value is -3.64. The number of amides is 1. The number of hydrogen-bond donors (Lipinski definition) is 3. The summed E-state index contributed by atoms with van der Waals surface area (Å²) in [6, 6.07) is 17.8. The van der Waals surface area contributed by atoms with Gasteiger partial charge in [0.1, 0.15) is 5.75 Å². The van der Waals surface area contributed by atoms with E-state index in [0.29, 0.717) is 35.3 Å². The molecule has 4 rings (SSSR count). The minimum atomic E-state index is -1.14. The molecule has 0 unspecified atom stereocenters. The number of aromatic carboxylic acids is 1. The van der Waals surface area contributed by atoms with E-state index in [2.05, 4.69) is 5.32 Å². The Morgan fingerprint density at radius 3 is 2.38 bits per heavy atom. The van der Waals surface area contributed by atoms with E-state index in [1.807, 2.05) is 44.2 Å². The van der Waals surface area contributed by atoms with E-state index < -0.39 is 17.6 Å². The zero-order valence-corrected chi connectivity index (χ0v) is 19.6. The lowest BCUT2D eigenvalue weighted by atomic mass is 9.81. The number of fused-ring (bicyclic) bond motifs is 1. The van der Waals surface area contributed by atoms with Crippen LogP contribution in [-0.4, -0.2) is 29.2 Å². The highest BCUT2D eigenvalue weighted by Crippen LogP contribution is 2.43. The van der Waals surface area contributed by atoms with Gasteiger partial charge in [0, 0.05) is 16.7 Å². The van der Waals surface area contributed by atoms with Crippen LogP contribution in [-0.2, 0) is 12.0 Å². The molecule has 1 amide bonds. The maximum absolute atomic E-state index is 13.6. The summed E-state index contributed by atoms with van der Waals surface area (Å²) in [5.41, 5.74) is 2.83. The van der Waals surface area contributed by atoms with Crippen LogP contribution in [0.15, 0.2) is 60.7 Å². The number of benzene rings is 3. The molecular formula is C28H29NO5. The highest BCUT2D eigenvalue weighted by atomic mass is 16.5. The predicted octanol–water partition coefficient (Wildman–Crippen LogP) is 5.10. The predicted molar refractivity (Wildman–Crippen MR) is 130 cm³/mol. The maximum atomic E-state index is 13.6. The molecule has 0 aliphatic heterocycles. The molecule has 3 aromatic rings. The monoisotopic (exact) mass is 459 g/mol. The summed E-state index contributed by atoms with van der Waals surface area (Å²) in [6.45, 7) is 3.81. The van der Waals surface area contributed by atoms with Crippen LogP contribution in [0.1, 0.15) is 70.2 Å². The highest BCUT2D eigenvalue weighted by molar-refractivity contribution is 6.08. The summed E-state index contributed by atoms with van der Waals surface area (Å²) in [6.07, 6.45) is 1.30. The standard InChI is InChI=1S/C28H29NO5/c1-28(2,17-9-5-4-6-10-17)29-26(31)20-12-7-13-21(27(32)33)24(20)19-15-16-23(34-3)18-11-8-14-22(30)25(18)19/h4-7,9-10,12-13,15-16,22,30H,8,11,14H2,1-3H3,(H,29,31)(H,32,33)/t22-/m0/s1. The summed E-state index contributed by atoms with van der Waals surface area (Å²) in [5.74, 6) is -0.870. The first-order valence-electron chi connectivity index (χ1n) is 11.4. The summed E-state index contributed by atoms with van der Waals surface area (Å²) in [4.78, 5) is 25.8. The molecule has 0 aromatic heterocycles. The highest BCUT2D eigenvalue weighted by Gasteiger charge is 2.31. The van der Waals surface area contributed by atoms with E-state index in [-0.39, 0.29) is 17.0 Å². The normalized spacial score (nSPS) is 15.4. The lowest BCUT2D eigenvalue weighted by Gasteiger charge is -2.29. The largest absolute Gasteiger partial charge is 0.496 e. The molecule has 176 valence electrons. The molecule has 1 aliphatic rings. The van der Waals surface area contributed by atoms with Gasteiger partial charge in [-0.3, -0.25) is 4.79 Å². The lowest BCUT2D eigenvalue weighted by molar-refractivity contribution is 0.0697. The molecule has 0 saturated carbocycles. The van der Waals surface area contributed by atoms with E-state index in [1.54, 1.807) is 31.4 Å². The molecule has 0 heterocycles. The second-order valence-electron chi connectivity index (χ2n) is 9.09. The topological polar surface area (TPSA) is 95.9 Å². The van der Waals surface area contributed by atoms with Gasteiger partial charge in [-0.2, -0.15) is 0 Å². The zero-order valence-electron chi connectivity index (χ0n) is 19.6. The molecule has 0 fully saturated rings. The van der Waals surface area contributed by atoms with Crippen molar-refractivity contribution in [3.05, 3.63) is 88.5 Å². The molecule has 6 nitrogen and oxygen atoms in total. The van der Waals surface area contributed by atoms with Crippen molar-refractivity contribution in [2.45, 2.75) is 44.8 Å². The molecule has 6 heteroatoms. The van der Waals surface area contributed by atoms with Crippen LogP contribution >= 0.6 is 0 Å². The van der Waals surface area contributed by atoms with Gasteiger partial charge < -0.3 is 20.3 Å². The van der Waals surface area contributed by atoms with Gasteiger partial charge in [-0.15, -0.1) is 0 Å². The zero-order chi connectivity index (χ0) is 24.5. The number of carbonyl (C=O) groups is 2. The van der Waals surface area contributed by atoms with E-state index in [9.17, 15) is 19.8 Å². The average Bonchev–Trinajstić information content (AvgIpc) is 2.83. The van der Waals surface area contributed by atoms with Crippen LogP contribution in [0.5, 0.6) is 5.75 Å². The van der Waals surface area contributed by atoms with Crippen molar-refractivity contribution >= 4 is 11.9 Å². The Bertz CT molecular complexity index is 1230. The second-order valence-corrected chi connectivity index (χ2v) is 9.09. The molecule has 0 saturated heterocycles. The van der Waals surface area contributed by atoms with Crippen molar-refractivity contribution in [2.24, 2.45) is 0 Å². The third kappa shape index (κ3) is 4.29. The Kier molecular flexibility index (Phi) is 6.44. The van der Waals surface area contributed by atoms with Gasteiger partial charge in [0.2, 0.25) is 0 Å². The Morgan fingerprint density at radius 1 is 1.00 bits per heavy atom. The smallest absolute Gasteiger partial charge is 0.336 e. The molecule has 1 atom stereocenters. The fourth-order valence-electron chi connectivity index (χ4n) is 4.80. The van der Waals surface area contributed by atoms with Crippen LogP contribution in [0, 0.1) is 0 Å². The van der Waals surface area contributed by atoms with Gasteiger partial charge in [-0.25, -0.2) is 4.79 Å². The first-order chi connectivity index (χ1) is 16.2. The average molecular weight is 460 g/mol. The SMILES string of the molecule is COc1ccc(-c2c(C(=O)O)cccc2C(=O)NC(C)(C)c2ccccc2)c2c1CCC[C@@H]2O. The number of carboxylic acids is 1. The summed E-state index contributed by atoms with van der Waals surface area (Å²) in [5, 5.41) is 24.0. The molecule has 0 bridgehead atoms. The third-order valence-corrected chi connectivity index (χ3v) is 6.50. The fourth-order valence-corrected chi connectivity index (χ4v) is 4.80. The number of aliphatic hydroxyl groups is 1. The van der Waals surface area contributed by atoms with Crippen LogP contribution in [0.4, 0.5) is 0 Å². The fraction of sp³-hybridized carbons (Fsp3) is 0.286. The van der Waals surface area contributed by atoms with Crippen LogP contribution in [0.3, 0.4) is 0 Å². The number of carboxylic acid groups (broad SMARTS) is 1. The number of nitrogens with one attached hydrogen (secondary N) is 1. The van der Waals surface area contributed by atoms with E-state index in [4.69, 9.17) is 4.74 Å². The number of aliphatic hydroxyl groups excluding tert-OH is 1. The number of rotatable bonds is 6. The molecule has 0 radical (unpaired) electrons. The number of carbonyl (C=O) groups excluding carboxylic acids is 1. The minimum absolute atomic E-state index is 0.00954. The van der Waals surface area contributed by atoms with Gasteiger partial charge in [0.05, 0.1) is 24.3 Å². The van der Waals surface area contributed by atoms with Crippen molar-refractivity contribution in [1.82, 2.24) is 5.32 Å². The van der Waals surface area contributed by atoms with E-state index >= 15 is 0 Å². The molecule has 34 heavy (non-hydrogen) atoms. The van der Waals surface area contributed by atoms with Crippen molar-refractivity contribution in [3.63, 3.8) is 0 Å². The third-order valence-electron chi connectivity index (χ3n) is 6.50. The first-order valence-corrected chi connectivity index (χ1v) is 11.4. The lowest BCUT2D eigenvalue weighted by Crippen LogP contribution is -2.41. The van der Waals surface area contributed by atoms with Gasteiger partial charge in [0.25, 0.3) is 5.91 Å². The van der Waals surface area contributed by atoms with Gasteiger partial charge in [0.15, 0.2) is 0 Å². The van der Waals surface area contributed by atoms with Gasteiger partial charge in [-0.1, -0.05) is 42.5 Å². The summed E-state index contributed by atoms with van der Waals surface area (Å²) < 4.78 is 5.52. The van der Waals surface area contributed by atoms with E-state index in [1.165, 1.54) is 6.07 Å². The van der Waals surface area contributed by atoms with Crippen molar-refractivity contribution < 1.29 is 24.5 Å². The summed E-state index contributed by atoms with van der Waals surface area (Å²) >= 11 is 0. The number of hydrogen-bond acceptors (Lipinski definition) is 4. The Morgan fingerprint density at radius 2 is 1.71 bits per heavy atom. The van der Waals surface area contributed by atoms with Gasteiger partial charge in [-0.05, 0) is 68.0 Å². The quantitative estimate of drug-likeness (QED) is 0.477. The van der Waals surface area contributed by atoms with Crippen molar-refractivity contribution in [2.75, 3.05) is 7.11 Å². The Balaban J connectivity index is 1.89. The molecule has 0 spiro atoms. The van der Waals surface area contributed by atoms with Crippen molar-refractivity contribution in [1.29, 1.82) is 0 Å². The molecule has 3 N–H and O–H groups in total. The molecular weight excluding hydrogens is 430 g/mol. The maximum Gasteiger partial charge on any atom is 0.336 e. The molecule has 3 aromatic carbocycles. The van der Waals surface area contributed by atoms with Crippen LogP contribution < -0.4 is 10.1 Å². The van der Waals surface area contributed by atoms with Crippen molar-refractivity contribution in [3.8, 4) is 16.9 Å².